The third-order valence-corrected chi connectivity index (χ3v) is 5.75. The molecule has 0 saturated heterocycles. The molecule has 29 heavy (non-hydrogen) atoms. The Bertz CT molecular complexity index is 1180. The number of halogens is 1. The highest BCUT2D eigenvalue weighted by Crippen LogP contribution is 2.28. The lowest BCUT2D eigenvalue weighted by atomic mass is 10.1. The topological polar surface area (TPSA) is 27.1 Å². The summed E-state index contributed by atoms with van der Waals surface area (Å²) in [5.41, 5.74) is 6.93. The minimum Gasteiger partial charge on any atom is -0.483 e. The van der Waals surface area contributed by atoms with Crippen molar-refractivity contribution in [2.45, 2.75) is 40.3 Å². The number of hydrogen-bond acceptors (Lipinski definition) is 2. The molecule has 0 spiro atoms. The largest absolute Gasteiger partial charge is 0.483 e. The Hall–Kier alpha value is -2.78. The molecule has 1 unspecified atom stereocenters. The van der Waals surface area contributed by atoms with Crippen molar-refractivity contribution in [2.75, 3.05) is 0 Å². The van der Waals surface area contributed by atoms with Gasteiger partial charge in [-0.25, -0.2) is 4.98 Å². The highest BCUT2D eigenvalue weighted by atomic mass is 35.5. The maximum atomic E-state index is 6.26. The van der Waals surface area contributed by atoms with Crippen molar-refractivity contribution in [3.8, 4) is 5.75 Å². The summed E-state index contributed by atoms with van der Waals surface area (Å²) < 4.78 is 8.52. The summed E-state index contributed by atoms with van der Waals surface area (Å²) in [6, 6.07) is 20.6. The van der Waals surface area contributed by atoms with E-state index in [9.17, 15) is 0 Å². The zero-order valence-corrected chi connectivity index (χ0v) is 18.0. The second kappa shape index (κ2) is 7.92. The number of aryl methyl sites for hydroxylation is 3. The van der Waals surface area contributed by atoms with Crippen molar-refractivity contribution >= 4 is 22.6 Å². The van der Waals surface area contributed by atoms with Crippen LogP contribution in [0.15, 0.2) is 60.7 Å². The van der Waals surface area contributed by atoms with E-state index in [0.717, 1.165) is 39.7 Å². The fourth-order valence-corrected chi connectivity index (χ4v) is 3.78. The van der Waals surface area contributed by atoms with Crippen LogP contribution in [-0.2, 0) is 6.54 Å². The number of imidazole rings is 1. The molecule has 4 heteroatoms. The van der Waals surface area contributed by atoms with Gasteiger partial charge in [-0.3, -0.25) is 0 Å². The van der Waals surface area contributed by atoms with Crippen LogP contribution in [-0.4, -0.2) is 9.55 Å². The Morgan fingerprint density at radius 1 is 0.966 bits per heavy atom. The fraction of sp³-hybridized carbons (Fsp3) is 0.240. The average Bonchev–Trinajstić information content (AvgIpc) is 3.06. The first kappa shape index (κ1) is 19.5. The van der Waals surface area contributed by atoms with Crippen LogP contribution in [0.2, 0.25) is 5.02 Å². The van der Waals surface area contributed by atoms with E-state index in [1.54, 1.807) is 0 Å². The van der Waals surface area contributed by atoms with Crippen LogP contribution in [0.3, 0.4) is 0 Å². The lowest BCUT2D eigenvalue weighted by Gasteiger charge is -2.18. The quantitative estimate of drug-likeness (QED) is 0.365. The Labute approximate surface area is 176 Å². The van der Waals surface area contributed by atoms with E-state index >= 15 is 0 Å². The highest BCUT2D eigenvalue weighted by molar-refractivity contribution is 6.31. The standard InChI is InChI=1S/C25H25ClN2O/c1-16-9-10-17(2)20(13-16)15-28-24-8-6-5-7-23(24)27-25(28)19(4)29-21-11-12-22(26)18(3)14-21/h5-14,19H,15H2,1-4H3. The van der Waals surface area contributed by atoms with Crippen LogP contribution in [0.5, 0.6) is 5.75 Å². The van der Waals surface area contributed by atoms with Crippen LogP contribution in [0.1, 0.15) is 41.1 Å². The predicted octanol–water partition coefficient (Wildman–Crippen LogP) is 6.80. The van der Waals surface area contributed by atoms with Gasteiger partial charge < -0.3 is 9.30 Å². The van der Waals surface area contributed by atoms with Crippen LogP contribution >= 0.6 is 11.6 Å². The van der Waals surface area contributed by atoms with Gasteiger partial charge in [0.2, 0.25) is 0 Å². The van der Waals surface area contributed by atoms with Gasteiger partial charge in [0, 0.05) is 11.6 Å². The van der Waals surface area contributed by atoms with Gasteiger partial charge in [0.15, 0.2) is 11.9 Å². The van der Waals surface area contributed by atoms with Gasteiger partial charge in [-0.05, 0) is 74.7 Å². The number of fused-ring (bicyclic) bond motifs is 1. The van der Waals surface area contributed by atoms with E-state index in [1.807, 2.05) is 38.1 Å². The van der Waals surface area contributed by atoms with Gasteiger partial charge in [-0.15, -0.1) is 0 Å². The third-order valence-electron chi connectivity index (χ3n) is 5.32. The minimum absolute atomic E-state index is 0.201. The second-order valence-corrected chi connectivity index (χ2v) is 8.05. The number of para-hydroxylation sites is 2. The molecule has 3 aromatic carbocycles. The Kier molecular flexibility index (Phi) is 5.33. The molecule has 4 rings (SSSR count). The van der Waals surface area contributed by atoms with E-state index in [4.69, 9.17) is 21.3 Å². The monoisotopic (exact) mass is 404 g/mol. The Morgan fingerprint density at radius 2 is 1.76 bits per heavy atom. The van der Waals surface area contributed by atoms with Crippen molar-refractivity contribution in [2.24, 2.45) is 0 Å². The molecule has 0 aliphatic heterocycles. The molecule has 0 bridgehead atoms. The maximum Gasteiger partial charge on any atom is 0.153 e. The first-order valence-electron chi connectivity index (χ1n) is 9.86. The summed E-state index contributed by atoms with van der Waals surface area (Å²) in [6.45, 7) is 9.07. The van der Waals surface area contributed by atoms with E-state index in [1.165, 1.54) is 16.7 Å². The number of rotatable bonds is 5. The molecular weight excluding hydrogens is 380 g/mol. The van der Waals surface area contributed by atoms with E-state index < -0.39 is 0 Å². The van der Waals surface area contributed by atoms with E-state index in [-0.39, 0.29) is 6.10 Å². The molecule has 148 valence electrons. The van der Waals surface area contributed by atoms with Crippen molar-refractivity contribution in [1.82, 2.24) is 9.55 Å². The van der Waals surface area contributed by atoms with Gasteiger partial charge in [0.05, 0.1) is 11.0 Å². The molecule has 0 saturated carbocycles. The molecule has 0 N–H and O–H groups in total. The number of hydrogen-bond donors (Lipinski definition) is 0. The Morgan fingerprint density at radius 3 is 2.55 bits per heavy atom. The van der Waals surface area contributed by atoms with Crippen LogP contribution in [0.4, 0.5) is 0 Å². The molecule has 0 aliphatic rings. The smallest absolute Gasteiger partial charge is 0.153 e. The highest BCUT2D eigenvalue weighted by Gasteiger charge is 2.19. The molecule has 4 aromatic rings. The lowest BCUT2D eigenvalue weighted by Crippen LogP contribution is -2.13. The molecule has 3 nitrogen and oxygen atoms in total. The van der Waals surface area contributed by atoms with Crippen molar-refractivity contribution in [1.29, 1.82) is 0 Å². The van der Waals surface area contributed by atoms with Gasteiger partial charge in [0.25, 0.3) is 0 Å². The third kappa shape index (κ3) is 4.01. The van der Waals surface area contributed by atoms with Gasteiger partial charge in [-0.2, -0.15) is 0 Å². The zero-order valence-electron chi connectivity index (χ0n) is 17.2. The summed E-state index contributed by atoms with van der Waals surface area (Å²) in [4.78, 5) is 4.91. The van der Waals surface area contributed by atoms with E-state index in [2.05, 4.69) is 54.8 Å². The number of benzene rings is 3. The predicted molar refractivity (Wildman–Crippen MR) is 120 cm³/mol. The number of nitrogens with zero attached hydrogens (tertiary/aromatic N) is 2. The molecule has 1 atom stereocenters. The fourth-order valence-electron chi connectivity index (χ4n) is 3.66. The maximum absolute atomic E-state index is 6.26. The first-order valence-corrected chi connectivity index (χ1v) is 10.2. The van der Waals surface area contributed by atoms with Crippen molar-refractivity contribution in [3.05, 3.63) is 93.8 Å². The van der Waals surface area contributed by atoms with Crippen molar-refractivity contribution in [3.63, 3.8) is 0 Å². The van der Waals surface area contributed by atoms with Gasteiger partial charge in [0.1, 0.15) is 5.75 Å². The van der Waals surface area contributed by atoms with Gasteiger partial charge in [-0.1, -0.05) is 47.5 Å². The summed E-state index contributed by atoms with van der Waals surface area (Å²) in [5.74, 6) is 1.71. The van der Waals surface area contributed by atoms with Crippen LogP contribution < -0.4 is 4.74 Å². The van der Waals surface area contributed by atoms with Crippen molar-refractivity contribution < 1.29 is 4.74 Å². The SMILES string of the molecule is Cc1ccc(C)c(Cn2c(C(C)Oc3ccc(Cl)c(C)c3)nc3ccccc32)c1. The second-order valence-electron chi connectivity index (χ2n) is 7.65. The molecule has 0 radical (unpaired) electrons. The number of aromatic nitrogens is 2. The van der Waals surface area contributed by atoms with Crippen LogP contribution in [0, 0.1) is 20.8 Å². The molecule has 1 heterocycles. The zero-order chi connectivity index (χ0) is 20.5. The first-order chi connectivity index (χ1) is 13.9. The summed E-state index contributed by atoms with van der Waals surface area (Å²) >= 11 is 6.16. The molecular formula is C25H25ClN2O. The van der Waals surface area contributed by atoms with Crippen LogP contribution in [0.25, 0.3) is 11.0 Å². The Balaban J connectivity index is 1.74. The molecule has 0 aliphatic carbocycles. The van der Waals surface area contributed by atoms with E-state index in [0.29, 0.717) is 0 Å². The summed E-state index contributed by atoms with van der Waals surface area (Å²) in [7, 11) is 0. The molecule has 0 fully saturated rings. The normalized spacial score (nSPS) is 12.3. The molecule has 0 amide bonds. The lowest BCUT2D eigenvalue weighted by molar-refractivity contribution is 0.212. The average molecular weight is 405 g/mol. The number of ether oxygens (including phenoxy) is 1. The minimum atomic E-state index is -0.201. The van der Waals surface area contributed by atoms with Gasteiger partial charge >= 0.3 is 0 Å². The summed E-state index contributed by atoms with van der Waals surface area (Å²) in [6.07, 6.45) is -0.201. The molecule has 1 aromatic heterocycles. The summed E-state index contributed by atoms with van der Waals surface area (Å²) in [5, 5.41) is 0.743.